The zero-order valence-electron chi connectivity index (χ0n) is 9.24. The van der Waals surface area contributed by atoms with E-state index in [1.807, 2.05) is 31.7 Å². The van der Waals surface area contributed by atoms with Gasteiger partial charge in [0, 0.05) is 19.4 Å². The monoisotopic (exact) mass is 197 g/mol. The predicted octanol–water partition coefficient (Wildman–Crippen LogP) is 1.54. The van der Waals surface area contributed by atoms with Gasteiger partial charge in [-0.3, -0.25) is 0 Å². The zero-order valence-corrected chi connectivity index (χ0v) is 9.24. The third kappa shape index (κ3) is 2.45. The number of anilines is 1. The van der Waals surface area contributed by atoms with E-state index >= 15 is 0 Å². The lowest BCUT2D eigenvalue weighted by Crippen LogP contribution is -2.01. The van der Waals surface area contributed by atoms with Gasteiger partial charge in [-0.15, -0.1) is 0 Å². The lowest BCUT2D eigenvalue weighted by molar-refractivity contribution is 0.366. The van der Waals surface area contributed by atoms with Gasteiger partial charge in [-0.1, -0.05) is 13.8 Å². The van der Waals surface area contributed by atoms with Crippen molar-refractivity contribution in [3.63, 3.8) is 0 Å². The molecule has 0 radical (unpaired) electrons. The highest BCUT2D eigenvalue weighted by Gasteiger charge is 2.08. The van der Waals surface area contributed by atoms with E-state index in [2.05, 4.69) is 0 Å². The molecule has 4 nitrogen and oxygen atoms in total. The minimum absolute atomic E-state index is 0.583. The van der Waals surface area contributed by atoms with Gasteiger partial charge in [-0.2, -0.15) is 0 Å². The van der Waals surface area contributed by atoms with Crippen LogP contribution >= 0.6 is 0 Å². The summed E-state index contributed by atoms with van der Waals surface area (Å²) in [4.78, 5) is 0. The Morgan fingerprint density at radius 1 is 1.50 bits per heavy atom. The summed E-state index contributed by atoms with van der Waals surface area (Å²) in [5.74, 6) is 0.583. The molecule has 1 rings (SSSR count). The average Bonchev–Trinajstić information content (AvgIpc) is 2.54. The molecule has 0 spiro atoms. The van der Waals surface area contributed by atoms with Crippen molar-refractivity contribution < 1.29 is 4.74 Å². The van der Waals surface area contributed by atoms with Crippen LogP contribution in [-0.4, -0.2) is 11.7 Å². The van der Waals surface area contributed by atoms with E-state index in [4.69, 9.17) is 16.2 Å². The first-order chi connectivity index (χ1) is 6.70. The number of methoxy groups -OCH3 is 1. The summed E-state index contributed by atoms with van der Waals surface area (Å²) < 4.78 is 6.90. The van der Waals surface area contributed by atoms with Crippen molar-refractivity contribution in [2.45, 2.75) is 13.8 Å². The molecular weight excluding hydrogens is 178 g/mol. The summed E-state index contributed by atoms with van der Waals surface area (Å²) in [5, 5.41) is 0. The molecule has 0 aliphatic rings. The van der Waals surface area contributed by atoms with E-state index < -0.39 is 0 Å². The number of rotatable bonds is 2. The van der Waals surface area contributed by atoms with E-state index in [-0.39, 0.29) is 0 Å². The normalized spacial score (nSPS) is 10.4. The van der Waals surface area contributed by atoms with E-state index in [9.17, 15) is 0 Å². The van der Waals surface area contributed by atoms with Crippen LogP contribution in [0.25, 0.3) is 5.76 Å². The summed E-state index contributed by atoms with van der Waals surface area (Å²) in [5.41, 5.74) is 12.5. The van der Waals surface area contributed by atoms with Gasteiger partial charge in [0.1, 0.15) is 5.69 Å². The van der Waals surface area contributed by atoms with Crippen molar-refractivity contribution in [3.8, 4) is 0 Å². The van der Waals surface area contributed by atoms with E-state index in [1.165, 1.54) is 6.20 Å². The Hall–Kier alpha value is -1.58. The van der Waals surface area contributed by atoms with Crippen LogP contribution in [0.2, 0.25) is 0 Å². The van der Waals surface area contributed by atoms with Gasteiger partial charge in [-0.25, -0.2) is 0 Å². The third-order valence-corrected chi connectivity index (χ3v) is 1.71. The number of nitrogens with two attached hydrogens (primary N) is 2. The fourth-order valence-corrected chi connectivity index (χ4v) is 1.11. The van der Waals surface area contributed by atoms with Gasteiger partial charge in [0.25, 0.3) is 0 Å². The fraction of sp³-hybridized carbons (Fsp3) is 0.400. The molecule has 0 atom stereocenters. The smallest absolute Gasteiger partial charge is 0.160 e. The molecule has 1 aromatic rings. The third-order valence-electron chi connectivity index (χ3n) is 1.71. The van der Waals surface area contributed by atoms with Gasteiger partial charge < -0.3 is 20.8 Å². The second-order valence-corrected chi connectivity index (χ2v) is 2.47. The fourth-order valence-electron chi connectivity index (χ4n) is 1.11. The van der Waals surface area contributed by atoms with Gasteiger partial charge in [0.2, 0.25) is 0 Å². The zero-order chi connectivity index (χ0) is 11.1. The minimum atomic E-state index is 0.583. The first-order valence-electron chi connectivity index (χ1n) is 4.57. The van der Waals surface area contributed by atoms with Crippen LogP contribution in [0.5, 0.6) is 0 Å². The van der Waals surface area contributed by atoms with Crippen molar-refractivity contribution in [1.82, 2.24) is 4.57 Å². The molecule has 1 aromatic heterocycles. The highest BCUT2D eigenvalue weighted by molar-refractivity contribution is 5.68. The molecule has 0 bridgehead atoms. The lowest BCUT2D eigenvalue weighted by atomic mass is 10.3. The van der Waals surface area contributed by atoms with E-state index in [1.54, 1.807) is 13.2 Å². The lowest BCUT2D eigenvalue weighted by Gasteiger charge is -2.07. The number of hydrogen-bond donors (Lipinski definition) is 2. The Morgan fingerprint density at radius 2 is 2.07 bits per heavy atom. The molecule has 1 heterocycles. The second-order valence-electron chi connectivity index (χ2n) is 2.47. The average molecular weight is 197 g/mol. The number of ether oxygens (including phenoxy) is 1. The Balaban J connectivity index is 0.000000791. The van der Waals surface area contributed by atoms with Crippen molar-refractivity contribution in [2.75, 3.05) is 12.8 Å². The molecule has 14 heavy (non-hydrogen) atoms. The minimum Gasteiger partial charge on any atom is -0.493 e. The van der Waals surface area contributed by atoms with Gasteiger partial charge in [0.15, 0.2) is 5.76 Å². The van der Waals surface area contributed by atoms with Gasteiger partial charge in [-0.05, 0) is 6.07 Å². The first kappa shape index (κ1) is 12.4. The van der Waals surface area contributed by atoms with Crippen LogP contribution in [0.4, 0.5) is 5.69 Å². The van der Waals surface area contributed by atoms with Crippen LogP contribution in [0.1, 0.15) is 19.5 Å². The number of nitrogen functional groups attached to an aromatic ring is 1. The SMILES string of the molecule is CC.CO/C(=C/N)c1c(N)ccn1C. The maximum absolute atomic E-state index is 5.70. The molecule has 4 N–H and O–H groups in total. The molecule has 80 valence electrons. The number of aryl methyl sites for hydroxylation is 1. The molecule has 0 unspecified atom stereocenters. The Morgan fingerprint density at radius 3 is 2.36 bits per heavy atom. The highest BCUT2D eigenvalue weighted by atomic mass is 16.5. The Bertz CT molecular complexity index is 283. The van der Waals surface area contributed by atoms with Crippen molar-refractivity contribution in [3.05, 3.63) is 24.2 Å². The van der Waals surface area contributed by atoms with Crippen LogP contribution in [0.3, 0.4) is 0 Å². The maximum atomic E-state index is 5.70. The molecule has 0 saturated heterocycles. The summed E-state index contributed by atoms with van der Waals surface area (Å²) >= 11 is 0. The van der Waals surface area contributed by atoms with Crippen LogP contribution in [0.15, 0.2) is 18.5 Å². The maximum Gasteiger partial charge on any atom is 0.160 e. The first-order valence-corrected chi connectivity index (χ1v) is 4.57. The number of nitrogens with zero attached hydrogens (tertiary/aromatic N) is 1. The summed E-state index contributed by atoms with van der Waals surface area (Å²) in [6, 6.07) is 1.80. The highest BCUT2D eigenvalue weighted by Crippen LogP contribution is 2.21. The Kier molecular flexibility index (Phi) is 5.29. The van der Waals surface area contributed by atoms with E-state index in [0.717, 1.165) is 5.69 Å². The van der Waals surface area contributed by atoms with Crippen molar-refractivity contribution in [2.24, 2.45) is 12.8 Å². The molecule has 0 aliphatic heterocycles. The summed E-state index contributed by atoms with van der Waals surface area (Å²) in [7, 11) is 3.44. The van der Waals surface area contributed by atoms with Crippen molar-refractivity contribution >= 4 is 11.4 Å². The molecule has 0 aromatic carbocycles. The van der Waals surface area contributed by atoms with Gasteiger partial charge in [0.05, 0.1) is 12.8 Å². The standard InChI is InChI=1S/C8H13N3O.C2H6/c1-11-4-3-6(10)8(11)7(5-9)12-2;1-2/h3-5H,9-10H2,1-2H3;1-2H3/b7-5+;. The van der Waals surface area contributed by atoms with Crippen LogP contribution in [-0.2, 0) is 11.8 Å². The molecule has 4 heteroatoms. The van der Waals surface area contributed by atoms with Gasteiger partial charge >= 0.3 is 0 Å². The topological polar surface area (TPSA) is 66.2 Å². The molecular formula is C10H19N3O. The van der Waals surface area contributed by atoms with E-state index in [0.29, 0.717) is 11.4 Å². The molecule has 0 fully saturated rings. The van der Waals surface area contributed by atoms with Crippen molar-refractivity contribution in [1.29, 1.82) is 0 Å². The molecule has 0 aliphatic carbocycles. The Labute approximate surface area is 85.1 Å². The molecule has 0 amide bonds. The largest absolute Gasteiger partial charge is 0.493 e. The van der Waals surface area contributed by atoms with Crippen LogP contribution < -0.4 is 11.5 Å². The predicted molar refractivity (Wildman–Crippen MR) is 60.3 cm³/mol. The second kappa shape index (κ2) is 5.96. The number of hydrogen-bond acceptors (Lipinski definition) is 3. The molecule has 0 saturated carbocycles. The summed E-state index contributed by atoms with van der Waals surface area (Å²) in [6.45, 7) is 4.00. The van der Waals surface area contributed by atoms with Crippen LogP contribution in [0, 0.1) is 0 Å². The quantitative estimate of drug-likeness (QED) is 0.707. The number of aromatic nitrogens is 1. The summed E-state index contributed by atoms with van der Waals surface area (Å²) in [6.07, 6.45) is 3.25.